The van der Waals surface area contributed by atoms with Gasteiger partial charge in [-0.1, -0.05) is 81.9 Å². The number of fused-ring (bicyclic) bond motifs is 3. The smallest absolute Gasteiger partial charge is 0.252 e. The molecule has 0 aliphatic rings. The monoisotopic (exact) mass is 460 g/mol. The molecule has 4 nitrogen and oxygen atoms in total. The number of nitrogens with zero attached hydrogens (tertiary/aromatic N) is 2. The lowest BCUT2D eigenvalue weighted by molar-refractivity contribution is 0.0814. The van der Waals surface area contributed by atoms with Gasteiger partial charge < -0.3 is 0 Å². The fourth-order valence-corrected chi connectivity index (χ4v) is 4.82. The summed E-state index contributed by atoms with van der Waals surface area (Å²) in [5, 5.41) is 0. The van der Waals surface area contributed by atoms with Crippen molar-refractivity contribution in [3.63, 3.8) is 0 Å². The van der Waals surface area contributed by atoms with Crippen molar-refractivity contribution in [1.82, 2.24) is 9.38 Å². The fraction of sp³-hybridized carbons (Fsp3) is 0. The number of para-hydroxylation sites is 1. The number of rotatable bonds is 4. The lowest BCUT2D eigenvalue weighted by Crippen LogP contribution is -2.17. The van der Waals surface area contributed by atoms with Gasteiger partial charge in [-0.15, -0.1) is 0 Å². The van der Waals surface area contributed by atoms with E-state index in [9.17, 15) is 9.59 Å². The van der Waals surface area contributed by atoms with Crippen molar-refractivity contribution in [2.45, 2.75) is 0 Å². The van der Waals surface area contributed by atoms with Crippen LogP contribution in [0, 0.1) is 0 Å². The summed E-state index contributed by atoms with van der Waals surface area (Å²) >= 11 is 4.97. The van der Waals surface area contributed by atoms with E-state index in [4.69, 9.17) is 4.98 Å². The van der Waals surface area contributed by atoms with E-state index in [-0.39, 0.29) is 0 Å². The number of imidazole rings is 1. The third kappa shape index (κ3) is 3.01. The van der Waals surface area contributed by atoms with Crippen molar-refractivity contribution >= 4 is 54.0 Å². The second kappa shape index (κ2) is 7.06. The molecule has 0 atom stereocenters. The predicted molar refractivity (Wildman–Crippen MR) is 119 cm³/mol. The first-order chi connectivity index (χ1) is 14.1. The van der Waals surface area contributed by atoms with Gasteiger partial charge in [-0.3, -0.25) is 14.0 Å². The first-order valence-corrected chi connectivity index (χ1v) is 10.5. The van der Waals surface area contributed by atoms with Crippen molar-refractivity contribution in [3.05, 3.63) is 94.6 Å². The number of aromatic nitrogens is 2. The minimum atomic E-state index is -0.567. The van der Waals surface area contributed by atoms with Gasteiger partial charge in [-0.05, 0) is 24.3 Å². The molecule has 6 heteroatoms. The van der Waals surface area contributed by atoms with E-state index in [1.54, 1.807) is 28.7 Å². The molecule has 0 radical (unpaired) electrons. The molecule has 0 amide bonds. The molecule has 0 saturated heterocycles. The van der Waals surface area contributed by atoms with E-state index in [1.165, 1.54) is 11.3 Å². The van der Waals surface area contributed by atoms with Crippen molar-refractivity contribution in [2.75, 3.05) is 0 Å². The summed E-state index contributed by atoms with van der Waals surface area (Å²) in [5.74, 6) is -1.11. The normalized spacial score (nSPS) is 11.2. The number of carbonyl (C=O) groups excluding carboxylic acids is 2. The van der Waals surface area contributed by atoms with Crippen molar-refractivity contribution in [2.24, 2.45) is 0 Å². The Morgan fingerprint density at radius 1 is 0.862 bits per heavy atom. The standard InChI is InChI=1S/C23H13BrN2O2S/c24-16-10-6-9-15(13-16)19-20(22(28)21(27)14-7-2-1-3-8-14)26-17-11-4-5-12-18(17)29-23(26)25-19/h1-13H. The summed E-state index contributed by atoms with van der Waals surface area (Å²) in [6.45, 7) is 0. The number of hydrogen-bond donors (Lipinski definition) is 0. The Bertz CT molecular complexity index is 1400. The highest BCUT2D eigenvalue weighted by Gasteiger charge is 2.28. The van der Waals surface area contributed by atoms with Crippen LogP contribution in [0.2, 0.25) is 0 Å². The van der Waals surface area contributed by atoms with Gasteiger partial charge >= 0.3 is 0 Å². The average molecular weight is 461 g/mol. The number of benzene rings is 3. The molecule has 0 bridgehead atoms. The molecule has 3 aromatic carbocycles. The number of carbonyl (C=O) groups is 2. The van der Waals surface area contributed by atoms with Gasteiger partial charge in [-0.25, -0.2) is 4.98 Å². The summed E-state index contributed by atoms with van der Waals surface area (Å²) in [7, 11) is 0. The van der Waals surface area contributed by atoms with Crippen LogP contribution in [0.1, 0.15) is 20.8 Å². The number of Topliss-reactive ketones (excluding diaryl/α,β-unsaturated/α-hetero) is 2. The Morgan fingerprint density at radius 3 is 2.41 bits per heavy atom. The minimum absolute atomic E-state index is 0.296. The highest BCUT2D eigenvalue weighted by Crippen LogP contribution is 2.34. The van der Waals surface area contributed by atoms with E-state index in [1.807, 2.05) is 54.6 Å². The average Bonchev–Trinajstić information content (AvgIpc) is 3.29. The summed E-state index contributed by atoms with van der Waals surface area (Å²) < 4.78 is 3.69. The number of thiazole rings is 1. The molecule has 0 fully saturated rings. The minimum Gasteiger partial charge on any atom is -0.285 e. The molecule has 0 aliphatic heterocycles. The SMILES string of the molecule is O=C(C(=O)c1c(-c2cccc(Br)c2)nc2sc3ccccc3n12)c1ccccc1. The molecule has 0 spiro atoms. The fourth-order valence-electron chi connectivity index (χ4n) is 3.39. The van der Waals surface area contributed by atoms with E-state index < -0.39 is 11.6 Å². The van der Waals surface area contributed by atoms with Crippen LogP contribution in [0.15, 0.2) is 83.3 Å². The first-order valence-electron chi connectivity index (χ1n) is 8.93. The first kappa shape index (κ1) is 18.0. The van der Waals surface area contributed by atoms with Crippen LogP contribution in [0.25, 0.3) is 26.4 Å². The maximum absolute atomic E-state index is 13.4. The van der Waals surface area contributed by atoms with Gasteiger partial charge in [-0.2, -0.15) is 0 Å². The number of halogens is 1. The molecule has 0 unspecified atom stereocenters. The van der Waals surface area contributed by atoms with Gasteiger partial charge in [0.05, 0.1) is 10.2 Å². The second-order valence-corrected chi connectivity index (χ2v) is 8.46. The van der Waals surface area contributed by atoms with E-state index in [0.29, 0.717) is 21.9 Å². The maximum Gasteiger partial charge on any atom is 0.252 e. The number of ketones is 2. The largest absolute Gasteiger partial charge is 0.285 e. The van der Waals surface area contributed by atoms with Crippen LogP contribution in [-0.2, 0) is 0 Å². The molecule has 0 N–H and O–H groups in total. The molecule has 2 heterocycles. The van der Waals surface area contributed by atoms with Crippen LogP contribution in [0.3, 0.4) is 0 Å². The van der Waals surface area contributed by atoms with Crippen molar-refractivity contribution in [3.8, 4) is 11.3 Å². The van der Waals surface area contributed by atoms with Gasteiger partial charge in [0.2, 0.25) is 5.78 Å². The highest BCUT2D eigenvalue weighted by molar-refractivity contribution is 9.10. The zero-order chi connectivity index (χ0) is 20.0. The summed E-state index contributed by atoms with van der Waals surface area (Å²) in [6.07, 6.45) is 0. The molecular weight excluding hydrogens is 448 g/mol. The molecule has 2 aromatic heterocycles. The third-order valence-corrected chi connectivity index (χ3v) is 6.22. The molecule has 140 valence electrons. The lowest BCUT2D eigenvalue weighted by atomic mass is 10.0. The predicted octanol–water partition coefficient (Wildman–Crippen LogP) is 6.04. The van der Waals surface area contributed by atoms with Gasteiger partial charge in [0.1, 0.15) is 11.4 Å². The zero-order valence-electron chi connectivity index (χ0n) is 15.0. The van der Waals surface area contributed by atoms with Crippen LogP contribution in [-0.4, -0.2) is 21.0 Å². The summed E-state index contributed by atoms with van der Waals surface area (Å²) in [6, 6.07) is 24.0. The highest BCUT2D eigenvalue weighted by atomic mass is 79.9. The molecule has 0 saturated carbocycles. The Kier molecular flexibility index (Phi) is 4.38. The van der Waals surface area contributed by atoms with Crippen LogP contribution < -0.4 is 0 Å². The summed E-state index contributed by atoms with van der Waals surface area (Å²) in [4.78, 5) is 31.9. The number of hydrogen-bond acceptors (Lipinski definition) is 4. The van der Waals surface area contributed by atoms with Gasteiger partial charge in [0.25, 0.3) is 5.78 Å². The van der Waals surface area contributed by atoms with E-state index >= 15 is 0 Å². The topological polar surface area (TPSA) is 51.4 Å². The Hall–Kier alpha value is -3.09. The summed E-state index contributed by atoms with van der Waals surface area (Å²) in [5.41, 5.74) is 2.82. The Balaban J connectivity index is 1.80. The van der Waals surface area contributed by atoms with Crippen LogP contribution in [0.4, 0.5) is 0 Å². The van der Waals surface area contributed by atoms with E-state index in [2.05, 4.69) is 15.9 Å². The lowest BCUT2D eigenvalue weighted by Gasteiger charge is -2.05. The van der Waals surface area contributed by atoms with Crippen LogP contribution in [0.5, 0.6) is 0 Å². The van der Waals surface area contributed by atoms with Gasteiger partial charge in [0.15, 0.2) is 4.96 Å². The zero-order valence-corrected chi connectivity index (χ0v) is 17.4. The van der Waals surface area contributed by atoms with Crippen molar-refractivity contribution < 1.29 is 9.59 Å². The molecule has 0 aliphatic carbocycles. The molecule has 29 heavy (non-hydrogen) atoms. The van der Waals surface area contributed by atoms with E-state index in [0.717, 1.165) is 20.3 Å². The van der Waals surface area contributed by atoms with Gasteiger partial charge in [0, 0.05) is 15.6 Å². The molecular formula is C23H13BrN2O2S. The van der Waals surface area contributed by atoms with Crippen LogP contribution >= 0.6 is 27.3 Å². The Labute approximate surface area is 178 Å². The maximum atomic E-state index is 13.4. The second-order valence-electron chi connectivity index (χ2n) is 6.53. The molecule has 5 rings (SSSR count). The third-order valence-electron chi connectivity index (χ3n) is 4.71. The molecule has 5 aromatic rings. The quantitative estimate of drug-likeness (QED) is 0.242. The Morgan fingerprint density at radius 2 is 1.62 bits per heavy atom. The van der Waals surface area contributed by atoms with Crippen molar-refractivity contribution in [1.29, 1.82) is 0 Å².